The molecule has 0 bridgehead atoms. The molecule has 0 N–H and O–H groups in total. The number of carbonyl (C=O) groups is 1. The molecule has 0 aromatic heterocycles. The van der Waals surface area contributed by atoms with Crippen LogP contribution in [0.15, 0.2) is 24.3 Å². The molecule has 0 saturated carbocycles. The minimum atomic E-state index is 0.448. The van der Waals surface area contributed by atoms with Crippen LogP contribution in [0.25, 0.3) is 0 Å². The smallest absolute Gasteiger partial charge is 0.214 e. The van der Waals surface area contributed by atoms with Gasteiger partial charge in [0, 0.05) is 31.9 Å². The molecule has 1 aliphatic heterocycles. The summed E-state index contributed by atoms with van der Waals surface area (Å²) < 4.78 is 5.85. The second-order valence-electron chi connectivity index (χ2n) is 6.94. The van der Waals surface area contributed by atoms with E-state index in [4.69, 9.17) is 4.74 Å². The lowest BCUT2D eigenvalue weighted by atomic mass is 10.1. The van der Waals surface area contributed by atoms with Crippen molar-refractivity contribution < 1.29 is 9.53 Å². The summed E-state index contributed by atoms with van der Waals surface area (Å²) in [5.41, 5.74) is 2.34. The van der Waals surface area contributed by atoms with Crippen molar-refractivity contribution in [2.24, 2.45) is 0 Å². The number of carbonyl (C=O) groups excluding carboxylic acids is 1. The third-order valence-electron chi connectivity index (χ3n) is 4.91. The van der Waals surface area contributed by atoms with Gasteiger partial charge in [0.1, 0.15) is 0 Å². The number of amides is 1. The molecule has 0 radical (unpaired) electrons. The lowest BCUT2D eigenvalue weighted by Crippen LogP contribution is -2.38. The third kappa shape index (κ3) is 8.44. The summed E-state index contributed by atoms with van der Waals surface area (Å²) in [5.74, 6) is 0. The van der Waals surface area contributed by atoms with E-state index in [9.17, 15) is 4.79 Å². The largest absolute Gasteiger partial charge is 0.378 e. The van der Waals surface area contributed by atoms with Crippen LogP contribution in [0.2, 0.25) is 0 Å². The molecular weight excluding hydrogens is 336 g/mol. The molecule has 1 amide bonds. The van der Waals surface area contributed by atoms with Crippen molar-refractivity contribution in [1.29, 1.82) is 0 Å². The number of hydrogen-bond donors (Lipinski definition) is 0. The van der Waals surface area contributed by atoms with Gasteiger partial charge in [0.25, 0.3) is 0 Å². The Morgan fingerprint density at radius 3 is 2.48 bits per heavy atom. The molecule has 0 unspecified atom stereocenters. The molecule has 0 spiro atoms. The van der Waals surface area contributed by atoms with E-state index >= 15 is 0 Å². The molecule has 1 aromatic rings. The van der Waals surface area contributed by atoms with Gasteiger partial charge in [0.15, 0.2) is 0 Å². The number of rotatable bonds is 11. The maximum atomic E-state index is 11.6. The zero-order valence-corrected chi connectivity index (χ0v) is 18.0. The fraction of sp³-hybridized carbons (Fsp3) is 0.696. The Morgan fingerprint density at radius 1 is 1.15 bits per heavy atom. The normalized spacial score (nSPS) is 15.1. The van der Waals surface area contributed by atoms with E-state index in [1.54, 1.807) is 0 Å². The molecule has 2 rings (SSSR count). The molecule has 0 aliphatic carbocycles. The first-order valence-electron chi connectivity index (χ1n) is 10.9. The molecule has 0 atom stereocenters. The van der Waals surface area contributed by atoms with E-state index in [0.29, 0.717) is 6.10 Å². The average molecular weight is 377 g/mol. The first-order chi connectivity index (χ1) is 13.3. The summed E-state index contributed by atoms with van der Waals surface area (Å²) >= 11 is 0. The van der Waals surface area contributed by atoms with Gasteiger partial charge in [-0.05, 0) is 50.3 Å². The SMILES string of the molecule is CC.CCCOC1CCN(CCCN(C=O)c2ccccc2CCC)CC1. The van der Waals surface area contributed by atoms with Crippen LogP contribution in [-0.2, 0) is 16.0 Å². The molecule has 154 valence electrons. The summed E-state index contributed by atoms with van der Waals surface area (Å²) in [7, 11) is 0. The van der Waals surface area contributed by atoms with Crippen molar-refractivity contribution in [2.45, 2.75) is 72.3 Å². The van der Waals surface area contributed by atoms with Crippen LogP contribution in [0, 0.1) is 0 Å². The summed E-state index contributed by atoms with van der Waals surface area (Å²) in [6.07, 6.45) is 7.93. The lowest BCUT2D eigenvalue weighted by Gasteiger charge is -2.32. The van der Waals surface area contributed by atoms with Gasteiger partial charge < -0.3 is 14.5 Å². The van der Waals surface area contributed by atoms with E-state index in [1.165, 1.54) is 5.56 Å². The number of aryl methyl sites for hydroxylation is 1. The minimum Gasteiger partial charge on any atom is -0.378 e. The maximum Gasteiger partial charge on any atom is 0.214 e. The Kier molecular flexibility index (Phi) is 12.8. The fourth-order valence-electron chi connectivity index (χ4n) is 3.55. The first kappa shape index (κ1) is 23.6. The van der Waals surface area contributed by atoms with Gasteiger partial charge in [-0.3, -0.25) is 4.79 Å². The van der Waals surface area contributed by atoms with Crippen LogP contribution in [0.1, 0.15) is 65.4 Å². The van der Waals surface area contributed by atoms with Crippen LogP contribution in [-0.4, -0.2) is 50.2 Å². The number of anilines is 1. The molecule has 1 saturated heterocycles. The number of hydrogen-bond acceptors (Lipinski definition) is 3. The van der Waals surface area contributed by atoms with Gasteiger partial charge >= 0.3 is 0 Å². The summed E-state index contributed by atoms with van der Waals surface area (Å²) in [6.45, 7) is 13.3. The molecule has 1 aromatic carbocycles. The molecule has 27 heavy (non-hydrogen) atoms. The van der Waals surface area contributed by atoms with E-state index in [0.717, 1.165) is 83.4 Å². The van der Waals surface area contributed by atoms with Crippen molar-refractivity contribution in [3.8, 4) is 0 Å². The minimum absolute atomic E-state index is 0.448. The summed E-state index contributed by atoms with van der Waals surface area (Å²) in [4.78, 5) is 16.0. The highest BCUT2D eigenvalue weighted by Crippen LogP contribution is 2.21. The van der Waals surface area contributed by atoms with Gasteiger partial charge in [-0.25, -0.2) is 0 Å². The van der Waals surface area contributed by atoms with Crippen molar-refractivity contribution in [2.75, 3.05) is 37.7 Å². The van der Waals surface area contributed by atoms with Crippen LogP contribution < -0.4 is 4.90 Å². The van der Waals surface area contributed by atoms with Crippen LogP contribution in [0.4, 0.5) is 5.69 Å². The summed E-state index contributed by atoms with van der Waals surface area (Å²) in [5, 5.41) is 0. The molecule has 1 aliphatic rings. The zero-order valence-electron chi connectivity index (χ0n) is 18.0. The lowest BCUT2D eigenvalue weighted by molar-refractivity contribution is -0.107. The molecular formula is C23H40N2O2. The van der Waals surface area contributed by atoms with Gasteiger partial charge in [-0.1, -0.05) is 52.3 Å². The van der Waals surface area contributed by atoms with E-state index < -0.39 is 0 Å². The highest BCUT2D eigenvalue weighted by molar-refractivity contribution is 5.76. The van der Waals surface area contributed by atoms with Gasteiger partial charge in [-0.15, -0.1) is 0 Å². The number of nitrogens with zero attached hydrogens (tertiary/aromatic N) is 2. The Bertz CT molecular complexity index is 499. The van der Waals surface area contributed by atoms with Crippen molar-refractivity contribution >= 4 is 12.1 Å². The predicted octanol–water partition coefficient (Wildman–Crippen LogP) is 4.91. The second-order valence-corrected chi connectivity index (χ2v) is 6.94. The quantitative estimate of drug-likeness (QED) is 0.515. The maximum absolute atomic E-state index is 11.6. The topological polar surface area (TPSA) is 32.8 Å². The number of benzene rings is 1. The van der Waals surface area contributed by atoms with Crippen LogP contribution in [0.3, 0.4) is 0 Å². The van der Waals surface area contributed by atoms with Crippen molar-refractivity contribution in [3.05, 3.63) is 29.8 Å². The second kappa shape index (κ2) is 14.6. The number of ether oxygens (including phenoxy) is 1. The third-order valence-corrected chi connectivity index (χ3v) is 4.91. The van der Waals surface area contributed by atoms with Crippen LogP contribution >= 0.6 is 0 Å². The van der Waals surface area contributed by atoms with Gasteiger partial charge in [-0.2, -0.15) is 0 Å². The number of piperidine rings is 1. The molecule has 1 fully saturated rings. The number of likely N-dealkylation sites (tertiary alicyclic amines) is 1. The average Bonchev–Trinajstić information content (AvgIpc) is 2.73. The fourth-order valence-corrected chi connectivity index (χ4v) is 3.55. The van der Waals surface area contributed by atoms with E-state index in [2.05, 4.69) is 36.9 Å². The number of para-hydroxylation sites is 1. The highest BCUT2D eigenvalue weighted by atomic mass is 16.5. The van der Waals surface area contributed by atoms with E-state index in [1.807, 2.05) is 24.8 Å². The molecule has 4 nitrogen and oxygen atoms in total. The monoisotopic (exact) mass is 376 g/mol. The summed E-state index contributed by atoms with van der Waals surface area (Å²) in [6, 6.07) is 8.28. The van der Waals surface area contributed by atoms with E-state index in [-0.39, 0.29) is 0 Å². The van der Waals surface area contributed by atoms with Gasteiger partial charge in [0.05, 0.1) is 6.10 Å². The van der Waals surface area contributed by atoms with Crippen LogP contribution in [0.5, 0.6) is 0 Å². The molecule has 1 heterocycles. The predicted molar refractivity (Wildman–Crippen MR) is 116 cm³/mol. The Morgan fingerprint density at radius 2 is 1.85 bits per heavy atom. The standard InChI is InChI=1S/C21H34N2O2.C2H6/c1-3-8-19-9-5-6-10-21(19)23(18-24)14-7-13-22-15-11-20(12-16-22)25-17-4-2;1-2/h5-6,9-10,18,20H,3-4,7-8,11-17H2,1-2H3;1-2H3. The first-order valence-corrected chi connectivity index (χ1v) is 10.9. The molecule has 4 heteroatoms. The Hall–Kier alpha value is -1.39. The van der Waals surface area contributed by atoms with Crippen molar-refractivity contribution in [3.63, 3.8) is 0 Å². The highest BCUT2D eigenvalue weighted by Gasteiger charge is 2.19. The van der Waals surface area contributed by atoms with Gasteiger partial charge in [0.2, 0.25) is 6.41 Å². The Balaban J connectivity index is 0.00000176. The Labute approximate surface area is 166 Å². The zero-order chi connectivity index (χ0) is 19.9. The van der Waals surface area contributed by atoms with Crippen molar-refractivity contribution in [1.82, 2.24) is 4.90 Å².